The second-order valence-corrected chi connectivity index (χ2v) is 5.57. The fraction of sp³-hybridized carbons (Fsp3) is 0.923. The molecule has 0 aliphatic carbocycles. The number of rotatable bonds is 5. The molecule has 94 valence electrons. The SMILES string of the molecule is CCC1CCCN1C(C)(CC(C)C)C(=O)O. The first-order valence-electron chi connectivity index (χ1n) is 6.42. The van der Waals surface area contributed by atoms with Crippen LogP contribution in [0.4, 0.5) is 0 Å². The van der Waals surface area contributed by atoms with Crippen LogP contribution in [-0.4, -0.2) is 34.1 Å². The molecule has 0 spiro atoms. The molecule has 16 heavy (non-hydrogen) atoms. The van der Waals surface area contributed by atoms with Gasteiger partial charge in [-0.15, -0.1) is 0 Å². The van der Waals surface area contributed by atoms with E-state index in [-0.39, 0.29) is 0 Å². The first-order chi connectivity index (χ1) is 7.41. The quantitative estimate of drug-likeness (QED) is 0.785. The Hall–Kier alpha value is -0.570. The molecule has 0 bridgehead atoms. The molecule has 1 rings (SSSR count). The summed E-state index contributed by atoms with van der Waals surface area (Å²) in [5.41, 5.74) is -0.675. The van der Waals surface area contributed by atoms with E-state index in [2.05, 4.69) is 25.7 Å². The second kappa shape index (κ2) is 5.17. The maximum atomic E-state index is 11.6. The molecule has 2 atom stereocenters. The van der Waals surface area contributed by atoms with Gasteiger partial charge in [0.25, 0.3) is 0 Å². The van der Waals surface area contributed by atoms with Crippen molar-refractivity contribution < 1.29 is 9.90 Å². The van der Waals surface area contributed by atoms with Crippen molar-refractivity contribution in [2.24, 2.45) is 5.92 Å². The Morgan fingerprint density at radius 2 is 2.19 bits per heavy atom. The third-order valence-electron chi connectivity index (χ3n) is 3.75. The van der Waals surface area contributed by atoms with Crippen LogP contribution in [0.25, 0.3) is 0 Å². The van der Waals surface area contributed by atoms with Gasteiger partial charge in [-0.3, -0.25) is 9.69 Å². The molecule has 1 fully saturated rings. The first-order valence-corrected chi connectivity index (χ1v) is 6.42. The van der Waals surface area contributed by atoms with Crippen molar-refractivity contribution in [2.75, 3.05) is 6.54 Å². The lowest BCUT2D eigenvalue weighted by atomic mass is 9.88. The van der Waals surface area contributed by atoms with E-state index in [1.807, 2.05) is 6.92 Å². The number of nitrogens with zero attached hydrogens (tertiary/aromatic N) is 1. The van der Waals surface area contributed by atoms with Crippen LogP contribution in [0.5, 0.6) is 0 Å². The summed E-state index contributed by atoms with van der Waals surface area (Å²) in [4.78, 5) is 13.8. The van der Waals surface area contributed by atoms with E-state index in [0.29, 0.717) is 12.0 Å². The van der Waals surface area contributed by atoms with Crippen LogP contribution in [-0.2, 0) is 4.79 Å². The van der Waals surface area contributed by atoms with Crippen LogP contribution >= 0.6 is 0 Å². The minimum Gasteiger partial charge on any atom is -0.480 e. The first kappa shape index (κ1) is 13.5. The van der Waals surface area contributed by atoms with Gasteiger partial charge in [-0.05, 0) is 45.1 Å². The van der Waals surface area contributed by atoms with Crippen molar-refractivity contribution in [1.82, 2.24) is 4.90 Å². The summed E-state index contributed by atoms with van der Waals surface area (Å²) in [6.45, 7) is 9.17. The summed E-state index contributed by atoms with van der Waals surface area (Å²) in [6.07, 6.45) is 4.08. The number of likely N-dealkylation sites (tertiary alicyclic amines) is 1. The number of carboxylic acid groups (broad SMARTS) is 1. The summed E-state index contributed by atoms with van der Waals surface area (Å²) < 4.78 is 0. The minimum absolute atomic E-state index is 0.416. The smallest absolute Gasteiger partial charge is 0.323 e. The van der Waals surface area contributed by atoms with E-state index in [9.17, 15) is 9.90 Å². The second-order valence-electron chi connectivity index (χ2n) is 5.57. The standard InChI is InChI=1S/C13H25NO2/c1-5-11-7-6-8-14(11)13(4,12(15)16)9-10(2)3/h10-11H,5-9H2,1-4H3,(H,15,16). The molecule has 1 heterocycles. The molecule has 0 amide bonds. The zero-order valence-corrected chi connectivity index (χ0v) is 11.0. The number of carboxylic acids is 1. The van der Waals surface area contributed by atoms with Gasteiger partial charge in [0.1, 0.15) is 5.54 Å². The fourth-order valence-electron chi connectivity index (χ4n) is 3.03. The van der Waals surface area contributed by atoms with E-state index in [4.69, 9.17) is 0 Å². The van der Waals surface area contributed by atoms with E-state index >= 15 is 0 Å². The van der Waals surface area contributed by atoms with Crippen LogP contribution in [0.2, 0.25) is 0 Å². The molecule has 1 aliphatic heterocycles. The molecule has 0 radical (unpaired) electrons. The van der Waals surface area contributed by atoms with Crippen LogP contribution < -0.4 is 0 Å². The Morgan fingerprint density at radius 1 is 1.56 bits per heavy atom. The van der Waals surface area contributed by atoms with Crippen LogP contribution in [0, 0.1) is 5.92 Å². The lowest BCUT2D eigenvalue weighted by molar-refractivity contribution is -0.152. The largest absolute Gasteiger partial charge is 0.480 e. The van der Waals surface area contributed by atoms with Gasteiger partial charge in [0.05, 0.1) is 0 Å². The highest BCUT2D eigenvalue weighted by Gasteiger charge is 2.44. The van der Waals surface area contributed by atoms with Gasteiger partial charge in [0, 0.05) is 6.04 Å². The summed E-state index contributed by atoms with van der Waals surface area (Å²) in [7, 11) is 0. The number of hydrogen-bond donors (Lipinski definition) is 1. The van der Waals surface area contributed by atoms with Crippen LogP contribution in [0.1, 0.15) is 53.4 Å². The third kappa shape index (κ3) is 2.57. The molecule has 0 aromatic carbocycles. The molecule has 1 aliphatic rings. The lowest BCUT2D eigenvalue weighted by Crippen LogP contribution is -2.55. The molecule has 1 saturated heterocycles. The van der Waals surface area contributed by atoms with Crippen molar-refractivity contribution in [3.05, 3.63) is 0 Å². The highest BCUT2D eigenvalue weighted by molar-refractivity contribution is 5.78. The molecule has 3 nitrogen and oxygen atoms in total. The average molecular weight is 227 g/mol. The van der Waals surface area contributed by atoms with E-state index < -0.39 is 11.5 Å². The third-order valence-corrected chi connectivity index (χ3v) is 3.75. The van der Waals surface area contributed by atoms with Crippen LogP contribution in [0.15, 0.2) is 0 Å². The van der Waals surface area contributed by atoms with Crippen molar-refractivity contribution in [1.29, 1.82) is 0 Å². The van der Waals surface area contributed by atoms with Gasteiger partial charge in [0.15, 0.2) is 0 Å². The van der Waals surface area contributed by atoms with Crippen molar-refractivity contribution in [2.45, 2.75) is 65.0 Å². The topological polar surface area (TPSA) is 40.5 Å². The fourth-order valence-corrected chi connectivity index (χ4v) is 3.03. The Kier molecular flexibility index (Phi) is 4.36. The minimum atomic E-state index is -0.675. The maximum absolute atomic E-state index is 11.6. The van der Waals surface area contributed by atoms with Gasteiger partial charge in [0.2, 0.25) is 0 Å². The molecule has 0 aromatic rings. The van der Waals surface area contributed by atoms with Crippen LogP contribution in [0.3, 0.4) is 0 Å². The molecular weight excluding hydrogens is 202 g/mol. The van der Waals surface area contributed by atoms with Crippen molar-refractivity contribution in [3.8, 4) is 0 Å². The van der Waals surface area contributed by atoms with Crippen molar-refractivity contribution in [3.63, 3.8) is 0 Å². The Balaban J connectivity index is 2.87. The normalized spacial score (nSPS) is 25.9. The van der Waals surface area contributed by atoms with Gasteiger partial charge < -0.3 is 5.11 Å². The zero-order chi connectivity index (χ0) is 12.3. The lowest BCUT2D eigenvalue weighted by Gasteiger charge is -2.40. The predicted molar refractivity (Wildman–Crippen MR) is 65.5 cm³/mol. The summed E-state index contributed by atoms with van der Waals surface area (Å²) in [5.74, 6) is -0.249. The van der Waals surface area contributed by atoms with Gasteiger partial charge in [-0.25, -0.2) is 0 Å². The van der Waals surface area contributed by atoms with E-state index in [0.717, 1.165) is 32.2 Å². The Morgan fingerprint density at radius 3 is 2.62 bits per heavy atom. The Bertz CT molecular complexity index is 252. The number of hydrogen-bond acceptors (Lipinski definition) is 2. The maximum Gasteiger partial charge on any atom is 0.323 e. The van der Waals surface area contributed by atoms with Gasteiger partial charge >= 0.3 is 5.97 Å². The van der Waals surface area contributed by atoms with E-state index in [1.54, 1.807) is 0 Å². The predicted octanol–water partition coefficient (Wildman–Crippen LogP) is 2.75. The highest BCUT2D eigenvalue weighted by Crippen LogP contribution is 2.33. The molecular formula is C13H25NO2. The molecule has 3 heteroatoms. The molecule has 2 unspecified atom stereocenters. The summed E-state index contributed by atoms with van der Waals surface area (Å²) in [6, 6.07) is 0.458. The highest BCUT2D eigenvalue weighted by atomic mass is 16.4. The van der Waals surface area contributed by atoms with Gasteiger partial charge in [-0.1, -0.05) is 20.8 Å². The molecule has 0 saturated carbocycles. The molecule has 1 N–H and O–H groups in total. The number of aliphatic carboxylic acids is 1. The Labute approximate surface area is 98.8 Å². The zero-order valence-electron chi connectivity index (χ0n) is 11.0. The van der Waals surface area contributed by atoms with Gasteiger partial charge in [-0.2, -0.15) is 0 Å². The summed E-state index contributed by atoms with van der Waals surface area (Å²) in [5, 5.41) is 9.51. The monoisotopic (exact) mass is 227 g/mol. The van der Waals surface area contributed by atoms with E-state index in [1.165, 1.54) is 0 Å². The summed E-state index contributed by atoms with van der Waals surface area (Å²) >= 11 is 0. The average Bonchev–Trinajstić information content (AvgIpc) is 2.64. The number of carbonyl (C=O) groups is 1. The molecule has 0 aromatic heterocycles. The van der Waals surface area contributed by atoms with Crippen molar-refractivity contribution >= 4 is 5.97 Å².